The van der Waals surface area contributed by atoms with Crippen molar-refractivity contribution in [3.05, 3.63) is 35.4 Å². The van der Waals surface area contributed by atoms with Crippen molar-refractivity contribution in [2.45, 2.75) is 32.8 Å². The number of benzene rings is 1. The number of rotatable bonds is 7. The predicted molar refractivity (Wildman–Crippen MR) is 81.9 cm³/mol. The monoisotopic (exact) mass is 291 g/mol. The first kappa shape index (κ1) is 16.0. The maximum atomic E-state index is 12.0. The summed E-state index contributed by atoms with van der Waals surface area (Å²) in [6.45, 7) is 4.91. The second-order valence-corrected chi connectivity index (χ2v) is 5.62. The first-order valence-corrected chi connectivity index (χ1v) is 7.77. The summed E-state index contributed by atoms with van der Waals surface area (Å²) < 4.78 is 5.24. The number of aliphatic hydroxyl groups is 1. The normalized spacial score (nSPS) is 18.2. The Morgan fingerprint density at radius 1 is 1.43 bits per heavy atom. The number of hydrogen-bond acceptors (Lipinski definition) is 3. The second-order valence-electron chi connectivity index (χ2n) is 5.62. The van der Waals surface area contributed by atoms with E-state index in [4.69, 9.17) is 4.74 Å². The van der Waals surface area contributed by atoms with Gasteiger partial charge in [0.15, 0.2) is 0 Å². The van der Waals surface area contributed by atoms with E-state index in [1.807, 2.05) is 24.0 Å². The number of aliphatic hydroxyl groups excluding tert-OH is 1. The fourth-order valence-corrected chi connectivity index (χ4v) is 2.88. The third-order valence-corrected chi connectivity index (χ3v) is 4.00. The van der Waals surface area contributed by atoms with E-state index in [0.29, 0.717) is 25.6 Å². The van der Waals surface area contributed by atoms with Crippen molar-refractivity contribution in [1.82, 2.24) is 4.90 Å². The first-order chi connectivity index (χ1) is 10.2. The van der Waals surface area contributed by atoms with Crippen LogP contribution in [0.2, 0.25) is 0 Å². The van der Waals surface area contributed by atoms with Crippen LogP contribution in [0.25, 0.3) is 0 Å². The Balaban J connectivity index is 1.80. The number of amides is 1. The number of hydrogen-bond donors (Lipinski definition) is 1. The average molecular weight is 291 g/mol. The van der Waals surface area contributed by atoms with Crippen LogP contribution in [-0.2, 0) is 22.6 Å². The maximum Gasteiger partial charge on any atom is 0.224 e. The van der Waals surface area contributed by atoms with E-state index in [1.165, 1.54) is 5.56 Å². The van der Waals surface area contributed by atoms with Gasteiger partial charge in [-0.1, -0.05) is 24.3 Å². The third-order valence-electron chi connectivity index (χ3n) is 4.00. The van der Waals surface area contributed by atoms with Crippen LogP contribution >= 0.6 is 0 Å². The Morgan fingerprint density at radius 3 is 3.00 bits per heavy atom. The molecule has 4 nitrogen and oxygen atoms in total. The average Bonchev–Trinajstić information content (AvgIpc) is 2.96. The summed E-state index contributed by atoms with van der Waals surface area (Å²) >= 11 is 0. The molecule has 0 aliphatic carbocycles. The van der Waals surface area contributed by atoms with Crippen molar-refractivity contribution in [3.63, 3.8) is 0 Å². The van der Waals surface area contributed by atoms with Gasteiger partial charge >= 0.3 is 0 Å². The SMILES string of the molecule is CCOCCC(=O)N1CCC(Cc2cccc(CO)c2)C1. The first-order valence-electron chi connectivity index (χ1n) is 7.77. The Morgan fingerprint density at radius 2 is 2.24 bits per heavy atom. The van der Waals surface area contributed by atoms with Gasteiger partial charge in [0, 0.05) is 19.7 Å². The number of likely N-dealkylation sites (tertiary alicyclic amines) is 1. The minimum Gasteiger partial charge on any atom is -0.392 e. The summed E-state index contributed by atoms with van der Waals surface area (Å²) in [5.41, 5.74) is 2.20. The summed E-state index contributed by atoms with van der Waals surface area (Å²) in [4.78, 5) is 14.0. The fourth-order valence-electron chi connectivity index (χ4n) is 2.88. The van der Waals surface area contributed by atoms with Gasteiger partial charge in [0.25, 0.3) is 0 Å². The van der Waals surface area contributed by atoms with Crippen molar-refractivity contribution in [3.8, 4) is 0 Å². The highest BCUT2D eigenvalue weighted by Crippen LogP contribution is 2.22. The van der Waals surface area contributed by atoms with Crippen LogP contribution in [-0.4, -0.2) is 42.2 Å². The molecular weight excluding hydrogens is 266 g/mol. The molecule has 1 heterocycles. The van der Waals surface area contributed by atoms with Gasteiger partial charge in [-0.05, 0) is 36.8 Å². The van der Waals surface area contributed by atoms with Crippen molar-refractivity contribution >= 4 is 5.91 Å². The molecular formula is C17H25NO3. The molecule has 0 saturated carbocycles. The van der Waals surface area contributed by atoms with Crippen LogP contribution in [0.1, 0.15) is 30.9 Å². The lowest BCUT2D eigenvalue weighted by molar-refractivity contribution is -0.131. The van der Waals surface area contributed by atoms with Gasteiger partial charge in [0.1, 0.15) is 0 Å². The molecule has 0 aromatic heterocycles. The molecule has 0 radical (unpaired) electrons. The summed E-state index contributed by atoms with van der Waals surface area (Å²) in [6.07, 6.45) is 2.52. The topological polar surface area (TPSA) is 49.8 Å². The Hall–Kier alpha value is -1.39. The standard InChI is InChI=1S/C17H25NO3/c1-2-21-9-7-17(20)18-8-6-15(12-18)10-14-4-3-5-16(11-14)13-19/h3-5,11,15,19H,2,6-10,12-13H2,1H3. The molecule has 1 aromatic carbocycles. The highest BCUT2D eigenvalue weighted by molar-refractivity contribution is 5.76. The van der Waals surface area contributed by atoms with Gasteiger partial charge in [0.2, 0.25) is 5.91 Å². The highest BCUT2D eigenvalue weighted by atomic mass is 16.5. The van der Waals surface area contributed by atoms with Gasteiger partial charge in [-0.2, -0.15) is 0 Å². The van der Waals surface area contributed by atoms with E-state index in [1.54, 1.807) is 0 Å². The molecule has 21 heavy (non-hydrogen) atoms. The Bertz CT molecular complexity index is 461. The van der Waals surface area contributed by atoms with E-state index in [-0.39, 0.29) is 12.5 Å². The summed E-state index contributed by atoms with van der Waals surface area (Å²) in [7, 11) is 0. The highest BCUT2D eigenvalue weighted by Gasteiger charge is 2.25. The lowest BCUT2D eigenvalue weighted by atomic mass is 9.97. The van der Waals surface area contributed by atoms with Crippen molar-refractivity contribution < 1.29 is 14.6 Å². The molecule has 0 spiro atoms. The van der Waals surface area contributed by atoms with Crippen molar-refractivity contribution in [2.24, 2.45) is 5.92 Å². The largest absolute Gasteiger partial charge is 0.392 e. The van der Waals surface area contributed by atoms with Crippen LogP contribution in [0.3, 0.4) is 0 Å². The van der Waals surface area contributed by atoms with Crippen LogP contribution in [0, 0.1) is 5.92 Å². The van der Waals surface area contributed by atoms with E-state index < -0.39 is 0 Å². The minimum atomic E-state index is 0.0839. The lowest BCUT2D eigenvalue weighted by Gasteiger charge is -2.16. The van der Waals surface area contributed by atoms with E-state index in [9.17, 15) is 9.90 Å². The molecule has 116 valence electrons. The molecule has 4 heteroatoms. The molecule has 2 rings (SSSR count). The van der Waals surface area contributed by atoms with Gasteiger partial charge in [-0.3, -0.25) is 4.79 Å². The van der Waals surface area contributed by atoms with Gasteiger partial charge < -0.3 is 14.7 Å². The summed E-state index contributed by atoms with van der Waals surface area (Å²) in [6, 6.07) is 8.07. The number of carbonyl (C=O) groups excluding carboxylic acids is 1. The third kappa shape index (κ3) is 4.83. The van der Waals surface area contributed by atoms with Crippen LogP contribution in [0.4, 0.5) is 0 Å². The van der Waals surface area contributed by atoms with Crippen molar-refractivity contribution in [2.75, 3.05) is 26.3 Å². The summed E-state index contributed by atoms with van der Waals surface area (Å²) in [5.74, 6) is 0.727. The predicted octanol–water partition coefficient (Wildman–Crippen LogP) is 2.00. The molecule has 1 fully saturated rings. The molecule has 1 atom stereocenters. The molecule has 0 bridgehead atoms. The lowest BCUT2D eigenvalue weighted by Crippen LogP contribution is -2.29. The second kappa shape index (κ2) is 8.15. The molecule has 1 aliphatic heterocycles. The molecule has 1 aliphatic rings. The zero-order valence-electron chi connectivity index (χ0n) is 12.8. The van der Waals surface area contributed by atoms with Crippen molar-refractivity contribution in [1.29, 1.82) is 0 Å². The van der Waals surface area contributed by atoms with E-state index in [0.717, 1.165) is 31.5 Å². The minimum absolute atomic E-state index is 0.0839. The number of ether oxygens (including phenoxy) is 1. The Kier molecular flexibility index (Phi) is 6.21. The molecule has 1 saturated heterocycles. The molecule has 1 aromatic rings. The Labute approximate surface area is 126 Å². The van der Waals surface area contributed by atoms with E-state index in [2.05, 4.69) is 12.1 Å². The van der Waals surface area contributed by atoms with Gasteiger partial charge in [-0.15, -0.1) is 0 Å². The zero-order valence-corrected chi connectivity index (χ0v) is 12.8. The zero-order chi connectivity index (χ0) is 15.1. The molecule has 1 unspecified atom stereocenters. The molecule has 1 N–H and O–H groups in total. The van der Waals surface area contributed by atoms with Gasteiger partial charge in [0.05, 0.1) is 19.6 Å². The summed E-state index contributed by atoms with van der Waals surface area (Å²) in [5, 5.41) is 9.18. The van der Waals surface area contributed by atoms with Crippen LogP contribution in [0.5, 0.6) is 0 Å². The van der Waals surface area contributed by atoms with Crippen LogP contribution < -0.4 is 0 Å². The smallest absolute Gasteiger partial charge is 0.224 e. The maximum absolute atomic E-state index is 12.0. The van der Waals surface area contributed by atoms with Crippen LogP contribution in [0.15, 0.2) is 24.3 Å². The molecule has 1 amide bonds. The quantitative estimate of drug-likeness (QED) is 0.782. The number of carbonyl (C=O) groups is 1. The van der Waals surface area contributed by atoms with Gasteiger partial charge in [-0.25, -0.2) is 0 Å². The van der Waals surface area contributed by atoms with E-state index >= 15 is 0 Å². The number of nitrogens with zero attached hydrogens (tertiary/aromatic N) is 1. The fraction of sp³-hybridized carbons (Fsp3) is 0.588.